The van der Waals surface area contributed by atoms with Crippen LogP contribution in [0.2, 0.25) is 0 Å². The number of benzene rings is 1. The van der Waals surface area contributed by atoms with Crippen molar-refractivity contribution in [2.24, 2.45) is 0 Å². The number of likely N-dealkylation sites (N-methyl/N-ethyl adjacent to an activating group) is 1. The smallest absolute Gasteiger partial charge is 0.340 e. The second-order valence-electron chi connectivity index (χ2n) is 5.14. The van der Waals surface area contributed by atoms with Gasteiger partial charge in [0.2, 0.25) is 0 Å². The molecule has 116 valence electrons. The second-order valence-corrected chi connectivity index (χ2v) is 5.14. The summed E-state index contributed by atoms with van der Waals surface area (Å²) >= 11 is 0. The molecule has 2 rings (SSSR count). The van der Waals surface area contributed by atoms with Crippen LogP contribution in [-0.2, 0) is 6.18 Å². The van der Waals surface area contributed by atoms with Crippen molar-refractivity contribution in [3.8, 4) is 0 Å². The molecule has 0 spiro atoms. The minimum atomic E-state index is -4.81. The van der Waals surface area contributed by atoms with E-state index in [-0.39, 0.29) is 6.04 Å². The van der Waals surface area contributed by atoms with Gasteiger partial charge >= 0.3 is 6.18 Å². The van der Waals surface area contributed by atoms with Crippen molar-refractivity contribution < 1.29 is 22.4 Å². The van der Waals surface area contributed by atoms with Crippen molar-refractivity contribution in [2.45, 2.75) is 25.1 Å². The van der Waals surface area contributed by atoms with E-state index in [9.17, 15) is 22.4 Å². The van der Waals surface area contributed by atoms with Crippen molar-refractivity contribution >= 4 is 5.91 Å². The SMILES string of the molecule is CN(CC1CCCN1)C(=O)c1cccc(C(F)(F)F)c1F. The maximum absolute atomic E-state index is 13.9. The maximum Gasteiger partial charge on any atom is 0.419 e. The largest absolute Gasteiger partial charge is 0.419 e. The Kier molecular flexibility index (Phi) is 4.51. The summed E-state index contributed by atoms with van der Waals surface area (Å²) in [5, 5.41) is 3.18. The summed E-state index contributed by atoms with van der Waals surface area (Å²) in [5.74, 6) is -2.26. The Morgan fingerprint density at radius 2 is 2.14 bits per heavy atom. The summed E-state index contributed by atoms with van der Waals surface area (Å²) in [5.41, 5.74) is -1.97. The molecule has 1 aromatic carbocycles. The summed E-state index contributed by atoms with van der Waals surface area (Å²) in [4.78, 5) is 13.4. The highest BCUT2D eigenvalue weighted by Crippen LogP contribution is 2.32. The molecule has 21 heavy (non-hydrogen) atoms. The molecule has 1 aliphatic rings. The Morgan fingerprint density at radius 1 is 1.43 bits per heavy atom. The van der Waals surface area contributed by atoms with Gasteiger partial charge in [-0.05, 0) is 31.5 Å². The average Bonchev–Trinajstić information content (AvgIpc) is 2.89. The van der Waals surface area contributed by atoms with Gasteiger partial charge in [0, 0.05) is 19.6 Å². The second kappa shape index (κ2) is 6.01. The standard InChI is InChI=1S/C14H16F4N2O/c1-20(8-9-4-3-7-19-9)13(21)10-5-2-6-11(12(10)15)14(16,17)18/h2,5-6,9,19H,3-4,7-8H2,1H3. The monoisotopic (exact) mass is 304 g/mol. The number of rotatable bonds is 3. The van der Waals surface area contributed by atoms with Crippen LogP contribution in [0, 0.1) is 5.82 Å². The molecule has 1 amide bonds. The molecule has 1 heterocycles. The van der Waals surface area contributed by atoms with Crippen LogP contribution < -0.4 is 5.32 Å². The molecule has 1 atom stereocenters. The minimum absolute atomic E-state index is 0.104. The van der Waals surface area contributed by atoms with Crippen molar-refractivity contribution in [1.82, 2.24) is 10.2 Å². The van der Waals surface area contributed by atoms with Crippen LogP contribution in [0.5, 0.6) is 0 Å². The van der Waals surface area contributed by atoms with Crippen LogP contribution in [0.1, 0.15) is 28.8 Å². The van der Waals surface area contributed by atoms with E-state index in [0.717, 1.165) is 31.5 Å². The number of alkyl halides is 3. The molecule has 1 unspecified atom stereocenters. The molecule has 0 bridgehead atoms. The third-order valence-corrected chi connectivity index (χ3v) is 3.54. The molecule has 3 nitrogen and oxygen atoms in total. The Balaban J connectivity index is 2.18. The first kappa shape index (κ1) is 15.8. The van der Waals surface area contributed by atoms with Crippen LogP contribution in [0.25, 0.3) is 0 Å². The fraction of sp³-hybridized carbons (Fsp3) is 0.500. The Hall–Kier alpha value is -1.63. The van der Waals surface area contributed by atoms with Gasteiger partial charge < -0.3 is 10.2 Å². The maximum atomic E-state index is 13.9. The van der Waals surface area contributed by atoms with Crippen LogP contribution in [0.3, 0.4) is 0 Å². The summed E-state index contributed by atoms with van der Waals surface area (Å²) in [7, 11) is 1.46. The third kappa shape index (κ3) is 3.53. The Bertz CT molecular complexity index is 524. The van der Waals surface area contributed by atoms with E-state index in [1.54, 1.807) is 0 Å². The van der Waals surface area contributed by atoms with Gasteiger partial charge in [-0.15, -0.1) is 0 Å². The lowest BCUT2D eigenvalue weighted by molar-refractivity contribution is -0.140. The highest BCUT2D eigenvalue weighted by Gasteiger charge is 2.36. The van der Waals surface area contributed by atoms with Gasteiger partial charge in [0.05, 0.1) is 11.1 Å². The van der Waals surface area contributed by atoms with E-state index < -0.39 is 29.0 Å². The molecule has 0 aromatic heterocycles. The molecule has 1 aliphatic heterocycles. The Labute approximate surface area is 119 Å². The number of carbonyl (C=O) groups excluding carboxylic acids is 1. The number of nitrogens with zero attached hydrogens (tertiary/aromatic N) is 1. The zero-order chi connectivity index (χ0) is 15.6. The van der Waals surface area contributed by atoms with Gasteiger partial charge in [0.25, 0.3) is 5.91 Å². The fourth-order valence-electron chi connectivity index (χ4n) is 2.45. The van der Waals surface area contributed by atoms with Crippen LogP contribution in [0.4, 0.5) is 17.6 Å². The molecule has 0 aliphatic carbocycles. The average molecular weight is 304 g/mol. The van der Waals surface area contributed by atoms with Gasteiger partial charge in [-0.25, -0.2) is 4.39 Å². The molecule has 7 heteroatoms. The van der Waals surface area contributed by atoms with Gasteiger partial charge in [0.15, 0.2) is 0 Å². The van der Waals surface area contributed by atoms with E-state index in [4.69, 9.17) is 0 Å². The molecule has 0 saturated carbocycles. The van der Waals surface area contributed by atoms with E-state index in [2.05, 4.69) is 5.32 Å². The first-order chi connectivity index (χ1) is 9.80. The molecule has 1 aromatic rings. The zero-order valence-corrected chi connectivity index (χ0v) is 11.5. The highest BCUT2D eigenvalue weighted by atomic mass is 19.4. The third-order valence-electron chi connectivity index (χ3n) is 3.54. The van der Waals surface area contributed by atoms with E-state index >= 15 is 0 Å². The molecular weight excluding hydrogens is 288 g/mol. The van der Waals surface area contributed by atoms with Crippen molar-refractivity contribution in [1.29, 1.82) is 0 Å². The minimum Gasteiger partial charge on any atom is -0.340 e. The summed E-state index contributed by atoms with van der Waals surface area (Å²) in [6, 6.07) is 2.85. The first-order valence-electron chi connectivity index (χ1n) is 6.65. The number of hydrogen-bond donors (Lipinski definition) is 1. The van der Waals surface area contributed by atoms with Crippen LogP contribution >= 0.6 is 0 Å². The van der Waals surface area contributed by atoms with Crippen molar-refractivity contribution in [3.05, 3.63) is 35.1 Å². The van der Waals surface area contributed by atoms with Crippen LogP contribution in [0.15, 0.2) is 18.2 Å². The number of halogens is 4. The summed E-state index contributed by atoms with van der Waals surface area (Å²) < 4.78 is 51.8. The molecule has 1 fully saturated rings. The van der Waals surface area contributed by atoms with E-state index in [1.807, 2.05) is 0 Å². The van der Waals surface area contributed by atoms with Gasteiger partial charge in [0.1, 0.15) is 5.82 Å². The molecular formula is C14H16F4N2O. The van der Waals surface area contributed by atoms with E-state index in [0.29, 0.717) is 12.6 Å². The normalized spacial score (nSPS) is 18.8. The molecule has 1 saturated heterocycles. The number of nitrogens with one attached hydrogen (secondary N) is 1. The number of carbonyl (C=O) groups is 1. The van der Waals surface area contributed by atoms with Gasteiger partial charge in [-0.2, -0.15) is 13.2 Å². The lowest BCUT2D eigenvalue weighted by atomic mass is 10.1. The summed E-state index contributed by atoms with van der Waals surface area (Å²) in [6.07, 6.45) is -2.93. The fourth-order valence-corrected chi connectivity index (χ4v) is 2.45. The van der Waals surface area contributed by atoms with Gasteiger partial charge in [-0.1, -0.05) is 6.07 Å². The highest BCUT2D eigenvalue weighted by molar-refractivity contribution is 5.94. The van der Waals surface area contributed by atoms with Gasteiger partial charge in [-0.3, -0.25) is 4.79 Å². The Morgan fingerprint density at radius 3 is 2.71 bits per heavy atom. The zero-order valence-electron chi connectivity index (χ0n) is 11.5. The predicted molar refractivity (Wildman–Crippen MR) is 69.4 cm³/mol. The number of hydrogen-bond acceptors (Lipinski definition) is 2. The van der Waals surface area contributed by atoms with Crippen molar-refractivity contribution in [2.75, 3.05) is 20.1 Å². The molecule has 0 radical (unpaired) electrons. The first-order valence-corrected chi connectivity index (χ1v) is 6.65. The van der Waals surface area contributed by atoms with Crippen molar-refractivity contribution in [3.63, 3.8) is 0 Å². The lowest BCUT2D eigenvalue weighted by Gasteiger charge is -2.22. The molecule has 1 N–H and O–H groups in total. The lowest BCUT2D eigenvalue weighted by Crippen LogP contribution is -2.39. The topological polar surface area (TPSA) is 32.3 Å². The summed E-state index contributed by atoms with van der Waals surface area (Å²) in [6.45, 7) is 1.19. The predicted octanol–water partition coefficient (Wildman–Crippen LogP) is 2.67. The quantitative estimate of drug-likeness (QED) is 0.871. The van der Waals surface area contributed by atoms with E-state index in [1.165, 1.54) is 11.9 Å². The van der Waals surface area contributed by atoms with Crippen LogP contribution in [-0.4, -0.2) is 37.0 Å². The number of amides is 1.